The van der Waals surface area contributed by atoms with Crippen molar-refractivity contribution in [3.63, 3.8) is 0 Å². The third-order valence-corrected chi connectivity index (χ3v) is 10.6. The molecule has 0 saturated heterocycles. The van der Waals surface area contributed by atoms with E-state index < -0.39 is 0 Å². The molecule has 10 aromatic rings. The molecule has 1 aromatic heterocycles. The minimum atomic E-state index is 0.897. The summed E-state index contributed by atoms with van der Waals surface area (Å²) in [5.74, 6) is 0. The van der Waals surface area contributed by atoms with Gasteiger partial charge in [-0.05, 0) is 122 Å². The monoisotopic (exact) mass is 715 g/mol. The van der Waals surface area contributed by atoms with E-state index in [1.807, 2.05) is 12.1 Å². The molecule has 9 aromatic carbocycles. The van der Waals surface area contributed by atoms with Crippen LogP contribution in [0.3, 0.4) is 0 Å². The topological polar surface area (TPSA) is 16.4 Å². The van der Waals surface area contributed by atoms with Crippen molar-refractivity contribution in [2.24, 2.45) is 0 Å². The molecule has 1 heterocycles. The van der Waals surface area contributed by atoms with Crippen LogP contribution < -0.4 is 4.90 Å². The minimum absolute atomic E-state index is 0.897. The minimum Gasteiger partial charge on any atom is -0.456 e. The molecule has 0 amide bonds. The number of hydrogen-bond donors (Lipinski definition) is 0. The fraction of sp³-hybridized carbons (Fsp3) is 0. The number of furan rings is 1. The number of anilines is 3. The van der Waals surface area contributed by atoms with E-state index in [-0.39, 0.29) is 0 Å². The van der Waals surface area contributed by atoms with Crippen LogP contribution in [-0.4, -0.2) is 0 Å². The van der Waals surface area contributed by atoms with Gasteiger partial charge in [-0.2, -0.15) is 0 Å². The maximum absolute atomic E-state index is 6.17. The van der Waals surface area contributed by atoms with Crippen LogP contribution in [0.2, 0.25) is 0 Å². The second-order valence-corrected chi connectivity index (χ2v) is 14.2. The molecule has 10 rings (SSSR count). The highest BCUT2D eigenvalue weighted by molar-refractivity contribution is 6.06. The third kappa shape index (κ3) is 6.44. The van der Waals surface area contributed by atoms with E-state index >= 15 is 0 Å². The van der Waals surface area contributed by atoms with Crippen molar-refractivity contribution in [3.05, 3.63) is 224 Å². The highest BCUT2D eigenvalue weighted by atomic mass is 16.3. The van der Waals surface area contributed by atoms with Crippen LogP contribution in [0.5, 0.6) is 0 Å². The van der Waals surface area contributed by atoms with E-state index in [1.54, 1.807) is 0 Å². The quantitative estimate of drug-likeness (QED) is 0.156. The summed E-state index contributed by atoms with van der Waals surface area (Å²) >= 11 is 0. The van der Waals surface area contributed by atoms with Crippen LogP contribution in [0, 0.1) is 0 Å². The summed E-state index contributed by atoms with van der Waals surface area (Å²) in [4.78, 5) is 2.38. The Morgan fingerprint density at radius 1 is 0.232 bits per heavy atom. The second kappa shape index (κ2) is 14.4. The first-order chi connectivity index (χ1) is 27.7. The number of para-hydroxylation sites is 1. The highest BCUT2D eigenvalue weighted by Gasteiger charge is 2.17. The number of benzene rings is 9. The summed E-state index contributed by atoms with van der Waals surface area (Å²) < 4.78 is 6.17. The van der Waals surface area contributed by atoms with Crippen molar-refractivity contribution in [2.45, 2.75) is 0 Å². The van der Waals surface area contributed by atoms with Gasteiger partial charge in [-0.15, -0.1) is 0 Å². The molecule has 0 radical (unpaired) electrons. The molecule has 0 aliphatic heterocycles. The van der Waals surface area contributed by atoms with Crippen molar-refractivity contribution in [1.29, 1.82) is 0 Å². The van der Waals surface area contributed by atoms with E-state index in [0.29, 0.717) is 0 Å². The van der Waals surface area contributed by atoms with Crippen molar-refractivity contribution in [2.75, 3.05) is 4.90 Å². The van der Waals surface area contributed by atoms with Crippen molar-refractivity contribution in [3.8, 4) is 55.6 Å². The number of rotatable bonds is 8. The summed E-state index contributed by atoms with van der Waals surface area (Å²) in [6.45, 7) is 0. The Hall–Kier alpha value is -7.42. The third-order valence-electron chi connectivity index (χ3n) is 10.6. The molecule has 56 heavy (non-hydrogen) atoms. The lowest BCUT2D eigenvalue weighted by atomic mass is 9.97. The Labute approximate surface area is 327 Å². The summed E-state index contributed by atoms with van der Waals surface area (Å²) in [6.07, 6.45) is 0. The zero-order valence-electron chi connectivity index (χ0n) is 30.7. The smallest absolute Gasteiger partial charge is 0.135 e. The van der Waals surface area contributed by atoms with Gasteiger partial charge in [-0.3, -0.25) is 0 Å². The first-order valence-corrected chi connectivity index (χ1v) is 19.1. The Bertz CT molecular complexity index is 2850. The predicted molar refractivity (Wildman–Crippen MR) is 236 cm³/mol. The van der Waals surface area contributed by atoms with Crippen LogP contribution in [0.15, 0.2) is 229 Å². The highest BCUT2D eigenvalue weighted by Crippen LogP contribution is 2.41. The normalized spacial score (nSPS) is 11.2. The van der Waals surface area contributed by atoms with Gasteiger partial charge in [0.25, 0.3) is 0 Å². The molecule has 264 valence electrons. The van der Waals surface area contributed by atoms with E-state index in [2.05, 4.69) is 217 Å². The Morgan fingerprint density at radius 2 is 0.589 bits per heavy atom. The maximum Gasteiger partial charge on any atom is 0.135 e. The fourth-order valence-corrected chi connectivity index (χ4v) is 7.84. The summed E-state index contributed by atoms with van der Waals surface area (Å²) in [6, 6.07) is 80.2. The predicted octanol–water partition coefficient (Wildman–Crippen LogP) is 15.4. The van der Waals surface area contributed by atoms with Crippen LogP contribution >= 0.6 is 0 Å². The average molecular weight is 716 g/mol. The maximum atomic E-state index is 6.17. The fourth-order valence-electron chi connectivity index (χ4n) is 7.84. The summed E-state index contributed by atoms with van der Waals surface area (Å²) in [5.41, 5.74) is 16.8. The number of hydrogen-bond acceptors (Lipinski definition) is 2. The molecular formula is C54H37NO. The lowest BCUT2D eigenvalue weighted by molar-refractivity contribution is 0.669. The van der Waals surface area contributed by atoms with Gasteiger partial charge in [0, 0.05) is 27.8 Å². The number of fused-ring (bicyclic) bond motifs is 3. The first-order valence-electron chi connectivity index (χ1n) is 19.1. The molecule has 0 spiro atoms. The van der Waals surface area contributed by atoms with Crippen molar-refractivity contribution < 1.29 is 4.42 Å². The lowest BCUT2D eigenvalue weighted by Gasteiger charge is -2.27. The molecule has 2 heteroatoms. The van der Waals surface area contributed by atoms with Gasteiger partial charge >= 0.3 is 0 Å². The lowest BCUT2D eigenvalue weighted by Crippen LogP contribution is -2.10. The van der Waals surface area contributed by atoms with Crippen molar-refractivity contribution in [1.82, 2.24) is 0 Å². The molecule has 0 fully saturated rings. The molecule has 0 bridgehead atoms. The summed E-state index contributed by atoms with van der Waals surface area (Å²) in [5, 5.41) is 2.25. The zero-order chi connectivity index (χ0) is 37.3. The number of nitrogens with zero attached hydrogens (tertiary/aromatic N) is 1. The van der Waals surface area contributed by atoms with Crippen molar-refractivity contribution >= 4 is 39.0 Å². The molecule has 0 saturated carbocycles. The van der Waals surface area contributed by atoms with Crippen LogP contribution in [0.25, 0.3) is 77.6 Å². The van der Waals surface area contributed by atoms with Gasteiger partial charge in [0.15, 0.2) is 0 Å². The molecule has 2 nitrogen and oxygen atoms in total. The van der Waals surface area contributed by atoms with Gasteiger partial charge in [-0.25, -0.2) is 0 Å². The standard InChI is InChI=1S/C54H37NO/c1-3-14-38(15-4-1)40-18-9-20-42(32-40)44-22-11-25-48(34-44)55(49-26-12-23-45(35-49)43-21-10-19-41(33-43)39-16-5-2-6-17-39)50-27-13-24-46(36-50)47-30-31-54-52(37-47)51-28-7-8-29-53(51)56-54/h1-37H. The zero-order valence-corrected chi connectivity index (χ0v) is 30.7. The Kier molecular flexibility index (Phi) is 8.55. The van der Waals surface area contributed by atoms with Gasteiger partial charge in [0.05, 0.1) is 0 Å². The average Bonchev–Trinajstić information content (AvgIpc) is 3.66. The SMILES string of the molecule is c1ccc(-c2cccc(-c3cccc(N(c4cccc(-c5cccc(-c6ccccc6)c5)c4)c4cccc(-c5ccc6oc7ccccc7c6c5)c4)c3)c2)cc1. The summed E-state index contributed by atoms with van der Waals surface area (Å²) in [7, 11) is 0. The van der Waals surface area contributed by atoms with E-state index in [1.165, 1.54) is 33.4 Å². The van der Waals surface area contributed by atoms with Gasteiger partial charge in [0.2, 0.25) is 0 Å². The molecule has 0 aliphatic carbocycles. The van der Waals surface area contributed by atoms with Crippen LogP contribution in [-0.2, 0) is 0 Å². The van der Waals surface area contributed by atoms with E-state index in [9.17, 15) is 0 Å². The van der Waals surface area contributed by atoms with Gasteiger partial charge in [0.1, 0.15) is 11.2 Å². The van der Waals surface area contributed by atoms with E-state index in [0.717, 1.165) is 61.3 Å². The van der Waals surface area contributed by atoms with Crippen LogP contribution in [0.4, 0.5) is 17.1 Å². The molecule has 0 atom stereocenters. The first kappa shape index (κ1) is 33.2. The Balaban J connectivity index is 1.10. The van der Waals surface area contributed by atoms with Gasteiger partial charge < -0.3 is 9.32 Å². The molecule has 0 unspecified atom stereocenters. The van der Waals surface area contributed by atoms with E-state index in [4.69, 9.17) is 4.42 Å². The molecular weight excluding hydrogens is 679 g/mol. The molecule has 0 aliphatic rings. The second-order valence-electron chi connectivity index (χ2n) is 14.2. The largest absolute Gasteiger partial charge is 0.456 e. The molecule has 0 N–H and O–H groups in total. The van der Waals surface area contributed by atoms with Gasteiger partial charge in [-0.1, -0.05) is 158 Å². The van der Waals surface area contributed by atoms with Crippen LogP contribution in [0.1, 0.15) is 0 Å². The Morgan fingerprint density at radius 3 is 1.09 bits per heavy atom.